The van der Waals surface area contributed by atoms with Crippen molar-refractivity contribution in [1.82, 2.24) is 9.80 Å². The van der Waals surface area contributed by atoms with Gasteiger partial charge in [0, 0.05) is 26.1 Å². The third-order valence-corrected chi connectivity index (χ3v) is 3.18. The van der Waals surface area contributed by atoms with Gasteiger partial charge in [-0.1, -0.05) is 12.2 Å². The smallest absolute Gasteiger partial charge is 0.0733 e. The largest absolute Gasteiger partial charge is 0.393 e. The summed E-state index contributed by atoms with van der Waals surface area (Å²) in [6.45, 7) is 3.36. The summed E-state index contributed by atoms with van der Waals surface area (Å²) in [4.78, 5) is 5.28. The molecule has 1 aliphatic carbocycles. The van der Waals surface area contributed by atoms with E-state index in [0.29, 0.717) is 10.4 Å². The molecule has 0 bridgehead atoms. The maximum Gasteiger partial charge on any atom is 0.0733 e. The number of thiocarbonyl (C=S) groups is 1. The number of nitrogens with zero attached hydrogens (tertiary/aromatic N) is 2. The second kappa shape index (κ2) is 5.23. The van der Waals surface area contributed by atoms with E-state index in [2.05, 4.69) is 30.9 Å². The van der Waals surface area contributed by atoms with E-state index >= 15 is 0 Å². The molecule has 0 aromatic carbocycles. The van der Waals surface area contributed by atoms with Crippen molar-refractivity contribution in [2.75, 3.05) is 40.8 Å². The lowest BCUT2D eigenvalue weighted by atomic mass is 10.0. The highest BCUT2D eigenvalue weighted by Crippen LogP contribution is 2.49. The molecule has 0 amide bonds. The SMILES string of the molecule is CN(C)CCN(C)CC1(CC(N)=S)CC1. The van der Waals surface area contributed by atoms with Gasteiger partial charge in [-0.15, -0.1) is 0 Å². The van der Waals surface area contributed by atoms with Crippen molar-refractivity contribution in [2.45, 2.75) is 19.3 Å². The summed E-state index contributed by atoms with van der Waals surface area (Å²) in [5.74, 6) is 0. The fraction of sp³-hybridized carbons (Fsp3) is 0.909. The molecule has 0 aromatic heterocycles. The minimum atomic E-state index is 0.424. The molecule has 2 N–H and O–H groups in total. The first-order chi connectivity index (χ1) is 6.93. The zero-order chi connectivity index (χ0) is 11.5. The molecule has 0 atom stereocenters. The Morgan fingerprint density at radius 1 is 1.27 bits per heavy atom. The van der Waals surface area contributed by atoms with E-state index in [4.69, 9.17) is 18.0 Å². The Labute approximate surface area is 98.6 Å². The molecule has 88 valence electrons. The Bertz CT molecular complexity index is 224. The Morgan fingerprint density at radius 2 is 1.87 bits per heavy atom. The maximum absolute atomic E-state index is 5.62. The number of likely N-dealkylation sites (N-methyl/N-ethyl adjacent to an activating group) is 2. The van der Waals surface area contributed by atoms with E-state index in [0.717, 1.165) is 26.1 Å². The fourth-order valence-electron chi connectivity index (χ4n) is 1.96. The summed E-state index contributed by atoms with van der Waals surface area (Å²) in [5.41, 5.74) is 6.04. The number of hydrogen-bond acceptors (Lipinski definition) is 3. The molecule has 0 heterocycles. The van der Waals surface area contributed by atoms with Crippen LogP contribution in [-0.4, -0.2) is 55.6 Å². The molecule has 0 aromatic rings. The van der Waals surface area contributed by atoms with Crippen LogP contribution in [0.3, 0.4) is 0 Å². The van der Waals surface area contributed by atoms with Crippen molar-refractivity contribution in [3.05, 3.63) is 0 Å². The minimum absolute atomic E-state index is 0.424. The van der Waals surface area contributed by atoms with Crippen LogP contribution in [0.15, 0.2) is 0 Å². The van der Waals surface area contributed by atoms with E-state index in [1.807, 2.05) is 0 Å². The van der Waals surface area contributed by atoms with Crippen molar-refractivity contribution in [3.8, 4) is 0 Å². The summed E-state index contributed by atoms with van der Waals surface area (Å²) >= 11 is 4.99. The summed E-state index contributed by atoms with van der Waals surface area (Å²) in [7, 11) is 6.40. The van der Waals surface area contributed by atoms with Crippen molar-refractivity contribution in [3.63, 3.8) is 0 Å². The van der Waals surface area contributed by atoms with Crippen LogP contribution >= 0.6 is 12.2 Å². The molecule has 1 rings (SSSR count). The number of rotatable bonds is 7. The van der Waals surface area contributed by atoms with E-state index in [1.165, 1.54) is 12.8 Å². The highest BCUT2D eigenvalue weighted by atomic mass is 32.1. The van der Waals surface area contributed by atoms with Crippen LogP contribution in [0.1, 0.15) is 19.3 Å². The van der Waals surface area contributed by atoms with Gasteiger partial charge in [0.25, 0.3) is 0 Å². The summed E-state index contributed by atoms with van der Waals surface area (Å²) in [6, 6.07) is 0. The second-order valence-electron chi connectivity index (χ2n) is 5.18. The van der Waals surface area contributed by atoms with Gasteiger partial charge in [0.2, 0.25) is 0 Å². The number of nitrogens with two attached hydrogens (primary N) is 1. The van der Waals surface area contributed by atoms with E-state index < -0.39 is 0 Å². The lowest BCUT2D eigenvalue weighted by Crippen LogP contribution is -2.34. The summed E-state index contributed by atoms with van der Waals surface area (Å²) < 4.78 is 0. The zero-order valence-electron chi connectivity index (χ0n) is 10.1. The predicted octanol–water partition coefficient (Wildman–Crippen LogP) is 0.936. The molecule has 0 aliphatic heterocycles. The normalized spacial score (nSPS) is 18.5. The number of hydrogen-bond donors (Lipinski definition) is 1. The van der Waals surface area contributed by atoms with Gasteiger partial charge in [-0.25, -0.2) is 0 Å². The summed E-state index contributed by atoms with van der Waals surface area (Å²) in [6.07, 6.45) is 3.50. The molecule has 0 saturated heterocycles. The molecule has 3 nitrogen and oxygen atoms in total. The standard InChI is InChI=1S/C11H23N3S/c1-13(2)6-7-14(3)9-11(4-5-11)8-10(12)15/h4-9H2,1-3H3,(H2,12,15). The molecule has 15 heavy (non-hydrogen) atoms. The van der Waals surface area contributed by atoms with Crippen LogP contribution in [0, 0.1) is 5.41 Å². The molecule has 0 unspecified atom stereocenters. The van der Waals surface area contributed by atoms with Gasteiger partial charge >= 0.3 is 0 Å². The average molecular weight is 229 g/mol. The van der Waals surface area contributed by atoms with E-state index in [-0.39, 0.29) is 0 Å². The summed E-state index contributed by atoms with van der Waals surface area (Å²) in [5, 5.41) is 0. The lowest BCUT2D eigenvalue weighted by molar-refractivity contribution is 0.239. The quantitative estimate of drug-likeness (QED) is 0.659. The van der Waals surface area contributed by atoms with Gasteiger partial charge in [-0.2, -0.15) is 0 Å². The van der Waals surface area contributed by atoms with Crippen molar-refractivity contribution in [1.29, 1.82) is 0 Å². The Hall–Kier alpha value is -0.190. The zero-order valence-corrected chi connectivity index (χ0v) is 10.9. The van der Waals surface area contributed by atoms with E-state index in [9.17, 15) is 0 Å². The molecule has 0 radical (unpaired) electrons. The predicted molar refractivity (Wildman–Crippen MR) is 69.1 cm³/mol. The first-order valence-corrected chi connectivity index (χ1v) is 5.96. The van der Waals surface area contributed by atoms with E-state index in [1.54, 1.807) is 0 Å². The van der Waals surface area contributed by atoms with Gasteiger partial charge in [0.15, 0.2) is 0 Å². The minimum Gasteiger partial charge on any atom is -0.393 e. The highest BCUT2D eigenvalue weighted by molar-refractivity contribution is 7.80. The average Bonchev–Trinajstić information content (AvgIpc) is 2.80. The molecule has 4 heteroatoms. The topological polar surface area (TPSA) is 32.5 Å². The van der Waals surface area contributed by atoms with Gasteiger partial charge in [0.05, 0.1) is 4.99 Å². The van der Waals surface area contributed by atoms with Gasteiger partial charge in [-0.05, 0) is 39.4 Å². The monoisotopic (exact) mass is 229 g/mol. The first-order valence-electron chi connectivity index (χ1n) is 5.55. The van der Waals surface area contributed by atoms with Crippen LogP contribution in [0.5, 0.6) is 0 Å². The van der Waals surface area contributed by atoms with Crippen LogP contribution in [-0.2, 0) is 0 Å². The van der Waals surface area contributed by atoms with Crippen molar-refractivity contribution < 1.29 is 0 Å². The Morgan fingerprint density at radius 3 is 2.27 bits per heavy atom. The highest BCUT2D eigenvalue weighted by Gasteiger charge is 2.43. The van der Waals surface area contributed by atoms with Gasteiger partial charge < -0.3 is 15.5 Å². The van der Waals surface area contributed by atoms with Crippen molar-refractivity contribution in [2.24, 2.45) is 11.1 Å². The molecular formula is C11H23N3S. The maximum atomic E-state index is 5.62. The second-order valence-corrected chi connectivity index (χ2v) is 5.71. The Kier molecular flexibility index (Phi) is 4.49. The third kappa shape index (κ3) is 4.91. The molecule has 1 saturated carbocycles. The van der Waals surface area contributed by atoms with Gasteiger partial charge in [-0.3, -0.25) is 0 Å². The van der Waals surface area contributed by atoms with Crippen molar-refractivity contribution >= 4 is 17.2 Å². The first kappa shape index (κ1) is 12.9. The van der Waals surface area contributed by atoms with Crippen LogP contribution < -0.4 is 5.73 Å². The Balaban J connectivity index is 2.25. The van der Waals surface area contributed by atoms with Crippen LogP contribution in [0.4, 0.5) is 0 Å². The fourth-order valence-corrected chi connectivity index (χ4v) is 2.27. The van der Waals surface area contributed by atoms with Gasteiger partial charge in [0.1, 0.15) is 0 Å². The lowest BCUT2D eigenvalue weighted by Gasteiger charge is -2.24. The van der Waals surface area contributed by atoms with Crippen LogP contribution in [0.2, 0.25) is 0 Å². The molecule has 0 spiro atoms. The molecular weight excluding hydrogens is 206 g/mol. The molecule has 1 fully saturated rings. The third-order valence-electron chi connectivity index (χ3n) is 3.04. The molecule has 1 aliphatic rings. The van der Waals surface area contributed by atoms with Crippen LogP contribution in [0.25, 0.3) is 0 Å².